The Labute approximate surface area is 130 Å². The van der Waals surface area contributed by atoms with Crippen LogP contribution in [0.4, 0.5) is 0 Å². The molecule has 0 fully saturated rings. The molecular weight excluding hydrogens is 280 g/mol. The Hall–Kier alpha value is -2.06. The van der Waals surface area contributed by atoms with Gasteiger partial charge in [-0.2, -0.15) is 0 Å². The highest BCUT2D eigenvalue weighted by molar-refractivity contribution is 5.85. The maximum Gasteiger partial charge on any atom is 0.0951 e. The molecule has 2 nitrogen and oxygen atoms in total. The van der Waals surface area contributed by atoms with Gasteiger partial charge in [-0.1, -0.05) is 42.5 Å². The van der Waals surface area contributed by atoms with Crippen LogP contribution in [0.1, 0.15) is 29.7 Å². The predicted octanol–water partition coefficient (Wildman–Crippen LogP) is 4.49. The van der Waals surface area contributed by atoms with Gasteiger partial charge in [0.25, 0.3) is 0 Å². The van der Waals surface area contributed by atoms with E-state index in [-0.39, 0.29) is 12.4 Å². The molecule has 1 aromatic heterocycles. The predicted molar refractivity (Wildman–Crippen MR) is 88.0 cm³/mol. The van der Waals surface area contributed by atoms with Crippen LogP contribution in [0.25, 0.3) is 11.1 Å². The zero-order chi connectivity index (χ0) is 13.5. The van der Waals surface area contributed by atoms with Crippen LogP contribution in [0.5, 0.6) is 0 Å². The van der Waals surface area contributed by atoms with E-state index in [1.54, 1.807) is 0 Å². The molecule has 0 radical (unpaired) electrons. The highest BCUT2D eigenvalue weighted by Gasteiger charge is 2.19. The molecule has 106 valence electrons. The van der Waals surface area contributed by atoms with Gasteiger partial charge in [0.2, 0.25) is 0 Å². The number of fused-ring (bicyclic) bond motifs is 3. The van der Waals surface area contributed by atoms with Gasteiger partial charge in [0.05, 0.1) is 12.4 Å². The highest BCUT2D eigenvalue weighted by Crippen LogP contribution is 2.37. The number of aromatic nitrogens is 2. The summed E-state index contributed by atoms with van der Waals surface area (Å²) in [5, 5.41) is 0. The van der Waals surface area contributed by atoms with Crippen LogP contribution in [-0.2, 0) is 6.42 Å². The van der Waals surface area contributed by atoms with Crippen molar-refractivity contribution in [2.75, 3.05) is 0 Å². The van der Waals surface area contributed by atoms with Crippen molar-refractivity contribution >= 4 is 12.4 Å². The second-order valence-corrected chi connectivity index (χ2v) is 5.44. The van der Waals surface area contributed by atoms with E-state index in [1.807, 2.05) is 18.7 Å². The largest absolute Gasteiger partial charge is 0.330 e. The molecule has 3 aromatic rings. The molecule has 0 saturated carbocycles. The van der Waals surface area contributed by atoms with Crippen molar-refractivity contribution in [2.24, 2.45) is 0 Å². The van der Waals surface area contributed by atoms with Gasteiger partial charge in [0, 0.05) is 12.4 Å². The monoisotopic (exact) mass is 296 g/mol. The zero-order valence-electron chi connectivity index (χ0n) is 11.9. The maximum atomic E-state index is 4.14. The van der Waals surface area contributed by atoms with E-state index >= 15 is 0 Å². The molecule has 0 bridgehead atoms. The van der Waals surface area contributed by atoms with E-state index in [0.717, 1.165) is 6.42 Å². The lowest BCUT2D eigenvalue weighted by molar-refractivity contribution is 0.638. The molecule has 1 heterocycles. The van der Waals surface area contributed by atoms with E-state index in [9.17, 15) is 0 Å². The van der Waals surface area contributed by atoms with Crippen molar-refractivity contribution in [1.82, 2.24) is 9.55 Å². The van der Waals surface area contributed by atoms with Crippen LogP contribution in [0.3, 0.4) is 0 Å². The topological polar surface area (TPSA) is 17.8 Å². The summed E-state index contributed by atoms with van der Waals surface area (Å²) in [5.74, 6) is 0. The summed E-state index contributed by atoms with van der Waals surface area (Å²) in [6.45, 7) is 2.21. The van der Waals surface area contributed by atoms with Gasteiger partial charge in [0.15, 0.2) is 0 Å². The number of nitrogens with zero attached hydrogens (tertiary/aromatic N) is 2. The van der Waals surface area contributed by atoms with E-state index in [0.29, 0.717) is 6.04 Å². The Morgan fingerprint density at radius 1 is 1.05 bits per heavy atom. The molecule has 0 spiro atoms. The van der Waals surface area contributed by atoms with Gasteiger partial charge in [-0.15, -0.1) is 12.4 Å². The molecule has 1 aliphatic rings. The first-order chi connectivity index (χ1) is 9.83. The minimum Gasteiger partial charge on any atom is -0.330 e. The summed E-state index contributed by atoms with van der Waals surface area (Å²) in [7, 11) is 0. The molecule has 2 aromatic carbocycles. The molecule has 1 atom stereocenters. The van der Waals surface area contributed by atoms with Crippen molar-refractivity contribution in [3.63, 3.8) is 0 Å². The third kappa shape index (κ3) is 2.26. The Kier molecular flexibility index (Phi) is 3.56. The van der Waals surface area contributed by atoms with Crippen molar-refractivity contribution in [1.29, 1.82) is 0 Å². The number of halogens is 1. The van der Waals surface area contributed by atoms with E-state index in [4.69, 9.17) is 0 Å². The molecule has 0 aliphatic heterocycles. The smallest absolute Gasteiger partial charge is 0.0951 e. The van der Waals surface area contributed by atoms with E-state index in [1.165, 1.54) is 27.8 Å². The van der Waals surface area contributed by atoms with Gasteiger partial charge in [-0.25, -0.2) is 4.98 Å². The minimum absolute atomic E-state index is 0. The molecule has 0 amide bonds. The Morgan fingerprint density at radius 2 is 1.86 bits per heavy atom. The SMILES string of the molecule is CC(c1ccc2c(c1)Cc1ccccc1-2)n1ccnc1.Cl. The van der Waals surface area contributed by atoms with Crippen LogP contribution in [0.15, 0.2) is 61.2 Å². The standard InChI is InChI=1S/C18H16N2.ClH/c1-13(20-9-8-19-12-20)14-6-7-18-16(10-14)11-15-4-2-3-5-17(15)18;/h2-10,12-13H,11H2,1H3;1H. The number of rotatable bonds is 2. The molecule has 0 saturated heterocycles. The van der Waals surface area contributed by atoms with Crippen molar-refractivity contribution in [3.05, 3.63) is 77.9 Å². The quantitative estimate of drug-likeness (QED) is 0.533. The average Bonchev–Trinajstić information content (AvgIpc) is 3.13. The van der Waals surface area contributed by atoms with Gasteiger partial charge in [-0.3, -0.25) is 0 Å². The van der Waals surface area contributed by atoms with Gasteiger partial charge >= 0.3 is 0 Å². The second kappa shape index (κ2) is 5.38. The van der Waals surface area contributed by atoms with Gasteiger partial charge in [-0.05, 0) is 41.2 Å². The van der Waals surface area contributed by atoms with Crippen LogP contribution in [0, 0.1) is 0 Å². The summed E-state index contributed by atoms with van der Waals surface area (Å²) in [5.41, 5.74) is 7.01. The molecule has 3 heteroatoms. The first-order valence-electron chi connectivity index (χ1n) is 7.01. The Balaban J connectivity index is 0.00000132. The van der Waals surface area contributed by atoms with Crippen molar-refractivity contribution < 1.29 is 0 Å². The minimum atomic E-state index is 0. The fourth-order valence-corrected chi connectivity index (χ4v) is 3.10. The average molecular weight is 297 g/mol. The van der Waals surface area contributed by atoms with E-state index in [2.05, 4.69) is 58.9 Å². The van der Waals surface area contributed by atoms with Crippen LogP contribution >= 0.6 is 12.4 Å². The Morgan fingerprint density at radius 3 is 2.67 bits per heavy atom. The maximum absolute atomic E-state index is 4.14. The summed E-state index contributed by atoms with van der Waals surface area (Å²) in [6, 6.07) is 15.9. The molecule has 4 rings (SSSR count). The summed E-state index contributed by atoms with van der Waals surface area (Å²) in [6.07, 6.45) is 6.79. The fourth-order valence-electron chi connectivity index (χ4n) is 3.10. The van der Waals surface area contributed by atoms with Crippen molar-refractivity contribution in [2.45, 2.75) is 19.4 Å². The summed E-state index contributed by atoms with van der Waals surface area (Å²) < 4.78 is 2.14. The highest BCUT2D eigenvalue weighted by atomic mass is 35.5. The normalized spacial score (nSPS) is 13.2. The van der Waals surface area contributed by atoms with Crippen LogP contribution < -0.4 is 0 Å². The van der Waals surface area contributed by atoms with Gasteiger partial charge in [0.1, 0.15) is 0 Å². The number of hydrogen-bond donors (Lipinski definition) is 0. The molecule has 1 unspecified atom stereocenters. The zero-order valence-corrected chi connectivity index (χ0v) is 12.7. The summed E-state index contributed by atoms with van der Waals surface area (Å²) in [4.78, 5) is 4.14. The van der Waals surface area contributed by atoms with Crippen LogP contribution in [-0.4, -0.2) is 9.55 Å². The van der Waals surface area contributed by atoms with Gasteiger partial charge < -0.3 is 4.57 Å². The lowest BCUT2D eigenvalue weighted by atomic mass is 10.0. The number of benzene rings is 2. The fraction of sp³-hybridized carbons (Fsp3) is 0.167. The first-order valence-corrected chi connectivity index (χ1v) is 7.01. The molecular formula is C18H17ClN2. The lowest BCUT2D eigenvalue weighted by Gasteiger charge is -2.14. The molecule has 1 aliphatic carbocycles. The first kappa shape index (κ1) is 13.9. The molecule has 21 heavy (non-hydrogen) atoms. The lowest BCUT2D eigenvalue weighted by Crippen LogP contribution is -2.04. The van der Waals surface area contributed by atoms with E-state index < -0.39 is 0 Å². The van der Waals surface area contributed by atoms with Crippen LogP contribution in [0.2, 0.25) is 0 Å². The number of hydrogen-bond acceptors (Lipinski definition) is 1. The number of imidazole rings is 1. The second-order valence-electron chi connectivity index (χ2n) is 5.44. The third-order valence-electron chi connectivity index (χ3n) is 4.27. The third-order valence-corrected chi connectivity index (χ3v) is 4.27. The molecule has 0 N–H and O–H groups in total. The Bertz CT molecular complexity index is 763. The van der Waals surface area contributed by atoms with Crippen molar-refractivity contribution in [3.8, 4) is 11.1 Å². The summed E-state index contributed by atoms with van der Waals surface area (Å²) >= 11 is 0.